The van der Waals surface area contributed by atoms with Crippen molar-refractivity contribution in [3.8, 4) is 5.75 Å². The Morgan fingerprint density at radius 3 is 2.69 bits per heavy atom. The van der Waals surface area contributed by atoms with Crippen LogP contribution in [0.15, 0.2) is 30.6 Å². The summed E-state index contributed by atoms with van der Waals surface area (Å²) in [6.07, 6.45) is 1.54. The molecule has 140 valence electrons. The number of halogens is 3. The molecule has 0 saturated carbocycles. The molecule has 5 nitrogen and oxygen atoms in total. The van der Waals surface area contributed by atoms with Gasteiger partial charge < -0.3 is 19.6 Å². The highest BCUT2D eigenvalue weighted by molar-refractivity contribution is 6.31. The van der Waals surface area contributed by atoms with E-state index < -0.39 is 17.7 Å². The van der Waals surface area contributed by atoms with Gasteiger partial charge in [0.05, 0.1) is 11.6 Å². The minimum Gasteiger partial charge on any atom is -0.488 e. The van der Waals surface area contributed by atoms with E-state index in [9.17, 15) is 13.9 Å². The van der Waals surface area contributed by atoms with Crippen molar-refractivity contribution in [1.29, 1.82) is 0 Å². The number of nitrogens with one attached hydrogen (secondary N) is 1. The van der Waals surface area contributed by atoms with Crippen LogP contribution in [0.4, 0.5) is 8.78 Å². The predicted octanol–water partition coefficient (Wildman–Crippen LogP) is 4.24. The molecule has 0 fully saturated rings. The van der Waals surface area contributed by atoms with Crippen LogP contribution in [0.5, 0.6) is 5.75 Å². The van der Waals surface area contributed by atoms with Gasteiger partial charge in [0.1, 0.15) is 24.2 Å². The van der Waals surface area contributed by atoms with Gasteiger partial charge in [-0.2, -0.15) is 0 Å². The van der Waals surface area contributed by atoms with Gasteiger partial charge in [0, 0.05) is 42.1 Å². The number of rotatable bonds is 6. The molecule has 26 heavy (non-hydrogen) atoms. The van der Waals surface area contributed by atoms with Crippen LogP contribution >= 0.6 is 11.6 Å². The molecule has 2 N–H and O–H groups in total. The second-order valence-corrected chi connectivity index (χ2v) is 5.78. The van der Waals surface area contributed by atoms with Gasteiger partial charge in [0.15, 0.2) is 11.6 Å². The topological polar surface area (TPSA) is 67.4 Å². The Balaban J connectivity index is 0.00000243. The van der Waals surface area contributed by atoms with Crippen LogP contribution in [-0.4, -0.2) is 35.4 Å². The highest BCUT2D eigenvalue weighted by Crippen LogP contribution is 2.33. The van der Waals surface area contributed by atoms with E-state index in [0.717, 1.165) is 12.1 Å². The van der Waals surface area contributed by atoms with Gasteiger partial charge in [-0.05, 0) is 12.1 Å². The lowest BCUT2D eigenvalue weighted by molar-refractivity contribution is 0.143. The first-order valence-electron chi connectivity index (χ1n) is 7.42. The molecule has 3 aromatic rings. The van der Waals surface area contributed by atoms with E-state index in [0.29, 0.717) is 21.6 Å². The molecule has 1 unspecified atom stereocenters. The Labute approximate surface area is 154 Å². The number of aromatic amines is 1. The average Bonchev–Trinajstić information content (AvgIpc) is 3.00. The first-order chi connectivity index (χ1) is 12.0. The average molecular weight is 385 g/mol. The number of methoxy groups -OCH3 is 1. The smallest absolute Gasteiger partial charge is 0.165 e. The van der Waals surface area contributed by atoms with E-state index in [2.05, 4.69) is 9.97 Å². The van der Waals surface area contributed by atoms with Crippen LogP contribution in [0.1, 0.15) is 24.7 Å². The Hall–Kier alpha value is -2.22. The molecule has 0 radical (unpaired) electrons. The fraction of sp³-hybridized carbons (Fsp3) is 0.278. The van der Waals surface area contributed by atoms with Crippen molar-refractivity contribution >= 4 is 22.6 Å². The molecule has 0 bridgehead atoms. The van der Waals surface area contributed by atoms with E-state index in [1.807, 2.05) is 0 Å². The van der Waals surface area contributed by atoms with Gasteiger partial charge in [0.2, 0.25) is 0 Å². The molecule has 0 spiro atoms. The predicted molar refractivity (Wildman–Crippen MR) is 95.6 cm³/mol. The van der Waals surface area contributed by atoms with Crippen molar-refractivity contribution < 1.29 is 23.4 Å². The summed E-state index contributed by atoms with van der Waals surface area (Å²) in [7, 11) is 1.47. The molecule has 0 saturated heterocycles. The third-order valence-electron chi connectivity index (χ3n) is 3.72. The molecular weight excluding hydrogens is 366 g/mol. The van der Waals surface area contributed by atoms with Gasteiger partial charge in [-0.15, -0.1) is 0 Å². The number of nitrogens with zero attached hydrogens (tertiary/aromatic N) is 1. The van der Waals surface area contributed by atoms with E-state index in [-0.39, 0.29) is 32.0 Å². The number of aromatic nitrogens is 2. The van der Waals surface area contributed by atoms with E-state index in [1.54, 1.807) is 6.07 Å². The second-order valence-electron chi connectivity index (χ2n) is 5.34. The second kappa shape index (κ2) is 8.44. The molecule has 0 amide bonds. The normalized spacial score (nSPS) is 12.0. The summed E-state index contributed by atoms with van der Waals surface area (Å²) in [6.45, 7) is 0.329. The van der Waals surface area contributed by atoms with Crippen molar-refractivity contribution in [2.45, 2.75) is 13.5 Å². The zero-order valence-electron chi connectivity index (χ0n) is 13.2. The van der Waals surface area contributed by atoms with Gasteiger partial charge >= 0.3 is 0 Å². The van der Waals surface area contributed by atoms with E-state index in [1.165, 1.54) is 19.5 Å². The molecular formula is C18H19ClF2N2O3. The number of fused-ring (bicyclic) bond motifs is 1. The SMILES string of the molecule is C.COCCOc1cc(F)c(C(O)c2c[nH]c3ncc(Cl)cc23)cc1F. The molecule has 0 aliphatic rings. The van der Waals surface area contributed by atoms with E-state index in [4.69, 9.17) is 21.1 Å². The Bertz CT molecular complexity index is 902. The molecule has 3 rings (SSSR count). The number of hydrogen-bond donors (Lipinski definition) is 2. The minimum atomic E-state index is -1.39. The lowest BCUT2D eigenvalue weighted by Gasteiger charge is -2.14. The Kier molecular flexibility index (Phi) is 6.52. The number of aliphatic hydroxyl groups is 1. The largest absolute Gasteiger partial charge is 0.488 e. The molecule has 2 aromatic heterocycles. The van der Waals surface area contributed by atoms with Gasteiger partial charge in [-0.1, -0.05) is 19.0 Å². The number of ether oxygens (including phenoxy) is 2. The number of H-pyrrole nitrogens is 1. The zero-order chi connectivity index (χ0) is 18.0. The quantitative estimate of drug-likeness (QED) is 0.624. The fourth-order valence-electron chi connectivity index (χ4n) is 2.49. The maximum absolute atomic E-state index is 14.4. The maximum Gasteiger partial charge on any atom is 0.165 e. The van der Waals surface area contributed by atoms with Crippen molar-refractivity contribution in [2.24, 2.45) is 0 Å². The van der Waals surface area contributed by atoms with E-state index >= 15 is 0 Å². The Morgan fingerprint density at radius 1 is 1.19 bits per heavy atom. The first kappa shape index (κ1) is 20.1. The number of benzene rings is 1. The molecule has 1 aromatic carbocycles. The van der Waals surface area contributed by atoms with Gasteiger partial charge in [-0.3, -0.25) is 0 Å². The lowest BCUT2D eigenvalue weighted by Crippen LogP contribution is -2.08. The summed E-state index contributed by atoms with van der Waals surface area (Å²) in [6, 6.07) is 3.41. The van der Waals surface area contributed by atoms with Crippen LogP contribution in [0.25, 0.3) is 11.0 Å². The summed E-state index contributed by atoms with van der Waals surface area (Å²) < 4.78 is 38.4. The molecule has 2 heterocycles. The standard InChI is InChI=1S/C17H15ClF2N2O3.CH4/c1-24-2-3-25-15-6-13(19)11(5-14(15)20)16(23)12-8-22-17-10(12)4-9(18)7-21-17;/h4-8,16,23H,2-3H2,1H3,(H,21,22);1H4. The maximum atomic E-state index is 14.4. The van der Waals surface area contributed by atoms with Crippen LogP contribution < -0.4 is 4.74 Å². The molecule has 0 aliphatic carbocycles. The van der Waals surface area contributed by atoms with Gasteiger partial charge in [-0.25, -0.2) is 13.8 Å². The summed E-state index contributed by atoms with van der Waals surface area (Å²) >= 11 is 5.92. The van der Waals surface area contributed by atoms with Crippen molar-refractivity contribution in [3.63, 3.8) is 0 Å². The minimum absolute atomic E-state index is 0. The van der Waals surface area contributed by atoms with Crippen molar-refractivity contribution in [3.05, 3.63) is 58.4 Å². The third-order valence-corrected chi connectivity index (χ3v) is 3.92. The monoisotopic (exact) mass is 384 g/mol. The van der Waals surface area contributed by atoms with Crippen molar-refractivity contribution in [2.75, 3.05) is 20.3 Å². The van der Waals surface area contributed by atoms with Crippen LogP contribution in [0, 0.1) is 11.6 Å². The highest BCUT2D eigenvalue weighted by Gasteiger charge is 2.22. The number of pyridine rings is 1. The Morgan fingerprint density at radius 2 is 1.96 bits per heavy atom. The number of hydrogen-bond acceptors (Lipinski definition) is 4. The van der Waals surface area contributed by atoms with Crippen LogP contribution in [-0.2, 0) is 4.74 Å². The molecule has 0 aliphatic heterocycles. The summed E-state index contributed by atoms with van der Waals surface area (Å²) in [5.74, 6) is -1.80. The highest BCUT2D eigenvalue weighted by atomic mass is 35.5. The van der Waals surface area contributed by atoms with Crippen molar-refractivity contribution in [1.82, 2.24) is 9.97 Å². The number of aliphatic hydroxyl groups excluding tert-OH is 1. The third kappa shape index (κ3) is 3.95. The summed E-state index contributed by atoms with van der Waals surface area (Å²) in [5.41, 5.74) is 0.618. The van der Waals surface area contributed by atoms with Crippen LogP contribution in [0.3, 0.4) is 0 Å². The van der Waals surface area contributed by atoms with Crippen LogP contribution in [0.2, 0.25) is 5.02 Å². The summed E-state index contributed by atoms with van der Waals surface area (Å²) in [4.78, 5) is 6.94. The molecule has 8 heteroatoms. The molecule has 1 atom stereocenters. The first-order valence-corrected chi connectivity index (χ1v) is 7.80. The lowest BCUT2D eigenvalue weighted by atomic mass is 10.0. The zero-order valence-corrected chi connectivity index (χ0v) is 14.0. The fourth-order valence-corrected chi connectivity index (χ4v) is 2.65. The van der Waals surface area contributed by atoms with Gasteiger partial charge in [0.25, 0.3) is 0 Å². The summed E-state index contributed by atoms with van der Waals surface area (Å²) in [5, 5.41) is 11.4.